The molecule has 1 aliphatic heterocycles. The van der Waals surface area contributed by atoms with Gasteiger partial charge in [0, 0.05) is 19.0 Å². The molecule has 0 aromatic rings. The van der Waals surface area contributed by atoms with Gasteiger partial charge in [0.1, 0.15) is 5.60 Å². The van der Waals surface area contributed by atoms with Crippen molar-refractivity contribution in [1.29, 1.82) is 0 Å². The molecule has 1 N–H and O–H groups in total. The van der Waals surface area contributed by atoms with Crippen LogP contribution in [0.4, 0.5) is 4.79 Å². The van der Waals surface area contributed by atoms with Gasteiger partial charge < -0.3 is 14.7 Å². The normalized spacial score (nSPS) is 29.6. The molecular formula is C15H27NO3. The van der Waals surface area contributed by atoms with Crippen LogP contribution in [0.15, 0.2) is 0 Å². The van der Waals surface area contributed by atoms with Crippen molar-refractivity contribution in [3.8, 4) is 0 Å². The number of piperidine rings is 1. The second kappa shape index (κ2) is 5.70. The van der Waals surface area contributed by atoms with E-state index in [1.54, 1.807) is 4.90 Å². The molecule has 19 heavy (non-hydrogen) atoms. The predicted octanol–water partition coefficient (Wildman–Crippen LogP) is 2.79. The average molecular weight is 269 g/mol. The van der Waals surface area contributed by atoms with Gasteiger partial charge in [-0.05, 0) is 33.1 Å². The molecule has 4 heteroatoms. The number of hydrogen-bond donors (Lipinski definition) is 1. The van der Waals surface area contributed by atoms with Gasteiger partial charge in [-0.2, -0.15) is 0 Å². The maximum atomic E-state index is 12.1. The van der Waals surface area contributed by atoms with E-state index in [4.69, 9.17) is 4.74 Å². The molecule has 1 saturated heterocycles. The first-order chi connectivity index (χ1) is 8.87. The topological polar surface area (TPSA) is 49.8 Å². The maximum absolute atomic E-state index is 12.1. The largest absolute Gasteiger partial charge is 0.444 e. The number of hydrogen-bond acceptors (Lipinski definition) is 3. The van der Waals surface area contributed by atoms with Gasteiger partial charge in [-0.15, -0.1) is 0 Å². The van der Waals surface area contributed by atoms with E-state index in [0.717, 1.165) is 0 Å². The molecule has 4 nitrogen and oxygen atoms in total. The summed E-state index contributed by atoms with van der Waals surface area (Å²) < 4.78 is 5.43. The van der Waals surface area contributed by atoms with Gasteiger partial charge in [-0.1, -0.05) is 25.7 Å². The Balaban J connectivity index is 1.94. The molecule has 0 unspecified atom stereocenters. The molecule has 1 saturated carbocycles. The molecule has 2 rings (SSSR count). The molecule has 0 radical (unpaired) electrons. The van der Waals surface area contributed by atoms with Gasteiger partial charge in [-0.25, -0.2) is 4.79 Å². The number of amides is 1. The second-order valence-electron chi connectivity index (χ2n) is 6.99. The standard InChI is InChI=1S/C15H27NO3/c1-15(2,3)19-14(18)16-9-8-13(17)12(10-16)11-6-4-5-7-11/h11-13,17H,4-10H2,1-3H3/t12-,13-/m1/s1. The number of ether oxygens (including phenoxy) is 1. The van der Waals surface area contributed by atoms with Crippen molar-refractivity contribution in [3.63, 3.8) is 0 Å². The van der Waals surface area contributed by atoms with Crippen LogP contribution in [0, 0.1) is 11.8 Å². The molecule has 1 amide bonds. The minimum atomic E-state index is -0.448. The van der Waals surface area contributed by atoms with Crippen LogP contribution in [0.25, 0.3) is 0 Å². The summed E-state index contributed by atoms with van der Waals surface area (Å²) in [5.74, 6) is 0.823. The minimum absolute atomic E-state index is 0.234. The summed E-state index contributed by atoms with van der Waals surface area (Å²) in [5.41, 5.74) is -0.448. The lowest BCUT2D eigenvalue weighted by molar-refractivity contribution is -0.0214. The Morgan fingerprint density at radius 2 is 1.84 bits per heavy atom. The number of rotatable bonds is 1. The van der Waals surface area contributed by atoms with E-state index in [9.17, 15) is 9.90 Å². The van der Waals surface area contributed by atoms with Crippen molar-refractivity contribution >= 4 is 6.09 Å². The summed E-state index contributed by atoms with van der Waals surface area (Å²) in [7, 11) is 0. The molecule has 2 aliphatic rings. The zero-order valence-corrected chi connectivity index (χ0v) is 12.4. The van der Waals surface area contributed by atoms with E-state index >= 15 is 0 Å². The summed E-state index contributed by atoms with van der Waals surface area (Å²) >= 11 is 0. The molecule has 0 aromatic carbocycles. The zero-order valence-electron chi connectivity index (χ0n) is 12.4. The highest BCUT2D eigenvalue weighted by molar-refractivity contribution is 5.68. The second-order valence-corrected chi connectivity index (χ2v) is 6.99. The number of aliphatic hydroxyl groups excluding tert-OH is 1. The molecule has 2 atom stereocenters. The van der Waals surface area contributed by atoms with E-state index in [0.29, 0.717) is 25.4 Å². The fraction of sp³-hybridized carbons (Fsp3) is 0.933. The Kier molecular flexibility index (Phi) is 4.39. The summed E-state index contributed by atoms with van der Waals surface area (Å²) in [6, 6.07) is 0. The third kappa shape index (κ3) is 3.85. The van der Waals surface area contributed by atoms with E-state index in [1.165, 1.54) is 25.7 Å². The van der Waals surface area contributed by atoms with Crippen molar-refractivity contribution < 1.29 is 14.6 Å². The first-order valence-corrected chi connectivity index (χ1v) is 7.53. The van der Waals surface area contributed by atoms with Crippen molar-refractivity contribution in [3.05, 3.63) is 0 Å². The van der Waals surface area contributed by atoms with Gasteiger partial charge in [0.15, 0.2) is 0 Å². The average Bonchev–Trinajstić information content (AvgIpc) is 2.80. The van der Waals surface area contributed by atoms with Gasteiger partial charge in [-0.3, -0.25) is 0 Å². The fourth-order valence-electron chi connectivity index (χ4n) is 3.31. The zero-order chi connectivity index (χ0) is 14.0. The molecular weight excluding hydrogens is 242 g/mol. The van der Waals surface area contributed by atoms with Crippen LogP contribution in [0.2, 0.25) is 0 Å². The monoisotopic (exact) mass is 269 g/mol. The van der Waals surface area contributed by atoms with Gasteiger partial charge in [0.2, 0.25) is 0 Å². The van der Waals surface area contributed by atoms with E-state index in [-0.39, 0.29) is 18.1 Å². The van der Waals surface area contributed by atoms with Crippen LogP contribution >= 0.6 is 0 Å². The number of carbonyl (C=O) groups is 1. The van der Waals surface area contributed by atoms with Crippen LogP contribution in [0.3, 0.4) is 0 Å². The Labute approximate surface area is 116 Å². The van der Waals surface area contributed by atoms with Crippen molar-refractivity contribution in [2.24, 2.45) is 11.8 Å². The SMILES string of the molecule is CC(C)(C)OC(=O)N1CC[C@@H](O)[C@@H](C2CCCC2)C1. The van der Waals surface area contributed by atoms with Gasteiger partial charge >= 0.3 is 6.09 Å². The predicted molar refractivity (Wildman–Crippen MR) is 73.9 cm³/mol. The third-order valence-corrected chi connectivity index (χ3v) is 4.28. The molecule has 0 spiro atoms. The highest BCUT2D eigenvalue weighted by atomic mass is 16.6. The van der Waals surface area contributed by atoms with Crippen molar-refractivity contribution in [2.75, 3.05) is 13.1 Å². The summed E-state index contributed by atoms with van der Waals surface area (Å²) in [5, 5.41) is 10.2. The molecule has 110 valence electrons. The Morgan fingerprint density at radius 1 is 1.21 bits per heavy atom. The highest BCUT2D eigenvalue weighted by Gasteiger charge is 2.37. The Morgan fingerprint density at radius 3 is 2.42 bits per heavy atom. The summed E-state index contributed by atoms with van der Waals surface area (Å²) in [6.45, 7) is 6.93. The number of likely N-dealkylation sites (tertiary alicyclic amines) is 1. The number of carbonyl (C=O) groups excluding carboxylic acids is 1. The number of aliphatic hydroxyl groups is 1. The van der Waals surface area contributed by atoms with E-state index in [1.807, 2.05) is 20.8 Å². The fourth-order valence-corrected chi connectivity index (χ4v) is 3.31. The van der Waals surface area contributed by atoms with E-state index in [2.05, 4.69) is 0 Å². The van der Waals surface area contributed by atoms with Gasteiger partial charge in [0.25, 0.3) is 0 Å². The molecule has 1 aliphatic carbocycles. The van der Waals surface area contributed by atoms with Crippen molar-refractivity contribution in [1.82, 2.24) is 4.90 Å². The van der Waals surface area contributed by atoms with Crippen LogP contribution in [-0.4, -0.2) is 40.9 Å². The van der Waals surface area contributed by atoms with Crippen molar-refractivity contribution in [2.45, 2.75) is 64.6 Å². The molecule has 0 aromatic heterocycles. The van der Waals surface area contributed by atoms with Crippen LogP contribution in [0.1, 0.15) is 52.9 Å². The minimum Gasteiger partial charge on any atom is -0.444 e. The van der Waals surface area contributed by atoms with Crippen LogP contribution < -0.4 is 0 Å². The van der Waals surface area contributed by atoms with E-state index < -0.39 is 5.60 Å². The summed E-state index contributed by atoms with van der Waals surface area (Å²) in [6.07, 6.45) is 5.12. The lowest BCUT2D eigenvalue weighted by Gasteiger charge is -2.39. The lowest BCUT2D eigenvalue weighted by atomic mass is 9.82. The van der Waals surface area contributed by atoms with Gasteiger partial charge in [0.05, 0.1) is 6.10 Å². The Bertz CT molecular complexity index is 318. The lowest BCUT2D eigenvalue weighted by Crippen LogP contribution is -2.49. The Hall–Kier alpha value is -0.770. The first kappa shape index (κ1) is 14.6. The first-order valence-electron chi connectivity index (χ1n) is 7.53. The third-order valence-electron chi connectivity index (χ3n) is 4.28. The molecule has 2 fully saturated rings. The number of nitrogens with zero attached hydrogens (tertiary/aromatic N) is 1. The summed E-state index contributed by atoms with van der Waals surface area (Å²) in [4.78, 5) is 13.9. The smallest absolute Gasteiger partial charge is 0.410 e. The van der Waals surface area contributed by atoms with Crippen LogP contribution in [-0.2, 0) is 4.74 Å². The van der Waals surface area contributed by atoms with Crippen LogP contribution in [0.5, 0.6) is 0 Å². The molecule has 1 heterocycles. The molecule has 0 bridgehead atoms. The maximum Gasteiger partial charge on any atom is 0.410 e. The highest BCUT2D eigenvalue weighted by Crippen LogP contribution is 2.36. The quantitative estimate of drug-likeness (QED) is 0.796.